The average molecular weight is 351 g/mol. The van der Waals surface area contributed by atoms with Gasteiger partial charge in [0.2, 0.25) is 0 Å². The topological polar surface area (TPSA) is 69.4 Å². The fourth-order valence-corrected chi connectivity index (χ4v) is 1.90. The number of nitro groups is 1. The van der Waals surface area contributed by atoms with Crippen LogP contribution in [0.5, 0.6) is 0 Å². The van der Waals surface area contributed by atoms with Gasteiger partial charge >= 0.3 is 12.1 Å². The van der Waals surface area contributed by atoms with Crippen molar-refractivity contribution in [3.8, 4) is 0 Å². The number of benzene rings is 2. The minimum absolute atomic E-state index is 0.0838. The van der Waals surface area contributed by atoms with Gasteiger partial charge in [-0.05, 0) is 41.5 Å². The predicted molar refractivity (Wildman–Crippen MR) is 83.4 cm³/mol. The lowest BCUT2D eigenvalue weighted by Crippen LogP contribution is -2.04. The van der Waals surface area contributed by atoms with Gasteiger partial charge < -0.3 is 4.74 Å². The van der Waals surface area contributed by atoms with E-state index in [1.54, 1.807) is 0 Å². The number of carbonyl (C=O) groups is 1. The molecule has 0 heterocycles. The molecule has 0 aliphatic heterocycles. The van der Waals surface area contributed by atoms with Gasteiger partial charge in [-0.3, -0.25) is 10.1 Å². The van der Waals surface area contributed by atoms with Gasteiger partial charge in [-0.15, -0.1) is 0 Å². The first-order valence-electron chi connectivity index (χ1n) is 7.01. The summed E-state index contributed by atoms with van der Waals surface area (Å²) < 4.78 is 42.7. The monoisotopic (exact) mass is 351 g/mol. The van der Waals surface area contributed by atoms with Crippen LogP contribution in [0.1, 0.15) is 16.7 Å². The van der Waals surface area contributed by atoms with Crippen LogP contribution in [0.25, 0.3) is 6.08 Å². The highest BCUT2D eigenvalue weighted by atomic mass is 19.4. The van der Waals surface area contributed by atoms with Crippen molar-refractivity contribution in [3.63, 3.8) is 0 Å². The summed E-state index contributed by atoms with van der Waals surface area (Å²) >= 11 is 0. The fourth-order valence-electron chi connectivity index (χ4n) is 1.90. The van der Waals surface area contributed by atoms with Crippen molar-refractivity contribution in [2.24, 2.45) is 0 Å². The Hall–Kier alpha value is -3.16. The number of nitro benzene ring substituents is 1. The second-order valence-corrected chi connectivity index (χ2v) is 4.99. The standard InChI is InChI=1S/C17H12F3NO4/c18-17(19,20)14-3-1-2-12(10-14)6-9-16(22)25-11-13-4-7-15(8-5-13)21(23)24/h1-10H,11H2/b9-6+. The molecular formula is C17H12F3NO4. The number of hydrogen-bond donors (Lipinski definition) is 0. The number of nitrogens with zero attached hydrogens (tertiary/aromatic N) is 1. The molecule has 0 saturated heterocycles. The van der Waals surface area contributed by atoms with Crippen molar-refractivity contribution in [2.75, 3.05) is 0 Å². The Labute approximate surface area is 140 Å². The number of alkyl halides is 3. The van der Waals surface area contributed by atoms with E-state index in [4.69, 9.17) is 4.74 Å². The molecule has 5 nitrogen and oxygen atoms in total. The van der Waals surface area contributed by atoms with Crippen molar-refractivity contribution in [2.45, 2.75) is 12.8 Å². The van der Waals surface area contributed by atoms with Gasteiger partial charge in [-0.25, -0.2) is 4.79 Å². The lowest BCUT2D eigenvalue weighted by molar-refractivity contribution is -0.384. The molecule has 8 heteroatoms. The molecule has 0 aromatic heterocycles. The first kappa shape index (κ1) is 18.2. The molecule has 0 N–H and O–H groups in total. The Morgan fingerprint density at radius 1 is 1.16 bits per heavy atom. The number of hydrogen-bond acceptors (Lipinski definition) is 4. The molecule has 130 valence electrons. The molecule has 25 heavy (non-hydrogen) atoms. The SMILES string of the molecule is O=C(/C=C/c1cccc(C(F)(F)F)c1)OCc1ccc([N+](=O)[O-])cc1. The summed E-state index contributed by atoms with van der Waals surface area (Å²) in [5, 5.41) is 10.5. The molecular weight excluding hydrogens is 339 g/mol. The summed E-state index contributed by atoms with van der Waals surface area (Å²) in [5.74, 6) is -0.740. The van der Waals surface area contributed by atoms with Gasteiger partial charge in [0.05, 0.1) is 10.5 Å². The van der Waals surface area contributed by atoms with Crippen LogP contribution in [-0.2, 0) is 22.3 Å². The smallest absolute Gasteiger partial charge is 0.416 e. The van der Waals surface area contributed by atoms with Gasteiger partial charge in [-0.1, -0.05) is 12.1 Å². The summed E-state index contributed by atoms with van der Waals surface area (Å²) in [6.45, 7) is -0.107. The van der Waals surface area contributed by atoms with Crippen molar-refractivity contribution < 1.29 is 27.6 Å². The quantitative estimate of drug-likeness (QED) is 0.347. The second-order valence-electron chi connectivity index (χ2n) is 4.99. The predicted octanol–water partition coefficient (Wildman–Crippen LogP) is 4.37. The largest absolute Gasteiger partial charge is 0.458 e. The molecule has 0 atom stereocenters. The van der Waals surface area contributed by atoms with E-state index in [0.717, 1.165) is 18.2 Å². The molecule has 0 amide bonds. The first-order chi connectivity index (χ1) is 11.8. The molecule has 0 aliphatic carbocycles. The second kappa shape index (κ2) is 7.61. The lowest BCUT2D eigenvalue weighted by atomic mass is 10.1. The highest BCUT2D eigenvalue weighted by Crippen LogP contribution is 2.29. The third-order valence-corrected chi connectivity index (χ3v) is 3.15. The van der Waals surface area contributed by atoms with E-state index in [1.807, 2.05) is 0 Å². The molecule has 2 aromatic rings. The maximum atomic E-state index is 12.6. The number of halogens is 3. The molecule has 0 spiro atoms. The maximum Gasteiger partial charge on any atom is 0.416 e. The van der Waals surface area contributed by atoms with Gasteiger partial charge in [0.1, 0.15) is 6.61 Å². The first-order valence-corrected chi connectivity index (χ1v) is 7.01. The van der Waals surface area contributed by atoms with Crippen LogP contribution in [0.3, 0.4) is 0 Å². The summed E-state index contributed by atoms with van der Waals surface area (Å²) in [6, 6.07) is 9.97. The Kier molecular flexibility index (Phi) is 5.53. The third kappa shape index (κ3) is 5.45. The molecule has 2 aromatic carbocycles. The van der Waals surface area contributed by atoms with Crippen LogP contribution >= 0.6 is 0 Å². The molecule has 0 aliphatic rings. The van der Waals surface area contributed by atoms with Crippen LogP contribution in [0.2, 0.25) is 0 Å². The van der Waals surface area contributed by atoms with E-state index in [2.05, 4.69) is 0 Å². The van der Waals surface area contributed by atoms with E-state index in [1.165, 1.54) is 42.5 Å². The number of non-ortho nitro benzene ring substituents is 1. The number of rotatable bonds is 5. The van der Waals surface area contributed by atoms with Crippen LogP contribution in [-0.4, -0.2) is 10.9 Å². The fraction of sp³-hybridized carbons (Fsp3) is 0.118. The number of ether oxygens (including phenoxy) is 1. The van der Waals surface area contributed by atoms with Gasteiger partial charge in [0.15, 0.2) is 0 Å². The Morgan fingerprint density at radius 3 is 2.44 bits per heavy atom. The van der Waals surface area contributed by atoms with Gasteiger partial charge in [0.25, 0.3) is 5.69 Å². The summed E-state index contributed by atoms with van der Waals surface area (Å²) in [4.78, 5) is 21.6. The highest BCUT2D eigenvalue weighted by Gasteiger charge is 2.30. The van der Waals surface area contributed by atoms with Crippen LogP contribution in [0.15, 0.2) is 54.6 Å². The van der Waals surface area contributed by atoms with Crippen molar-refractivity contribution in [3.05, 3.63) is 81.4 Å². The van der Waals surface area contributed by atoms with Crippen molar-refractivity contribution in [1.29, 1.82) is 0 Å². The van der Waals surface area contributed by atoms with Crippen LogP contribution in [0, 0.1) is 10.1 Å². The Bertz CT molecular complexity index is 798. The zero-order chi connectivity index (χ0) is 18.4. The zero-order valence-corrected chi connectivity index (χ0v) is 12.7. The lowest BCUT2D eigenvalue weighted by Gasteiger charge is -2.06. The van der Waals surface area contributed by atoms with E-state index in [-0.39, 0.29) is 17.9 Å². The average Bonchev–Trinajstić information content (AvgIpc) is 2.58. The van der Waals surface area contributed by atoms with Crippen LogP contribution < -0.4 is 0 Å². The molecule has 0 fully saturated rings. The minimum atomic E-state index is -4.46. The van der Waals surface area contributed by atoms with Crippen molar-refractivity contribution >= 4 is 17.7 Å². The van der Waals surface area contributed by atoms with E-state index in [9.17, 15) is 28.1 Å². The van der Waals surface area contributed by atoms with Crippen molar-refractivity contribution in [1.82, 2.24) is 0 Å². The summed E-state index contributed by atoms with van der Waals surface area (Å²) in [6.07, 6.45) is -2.23. The molecule has 0 unspecified atom stereocenters. The van der Waals surface area contributed by atoms with Gasteiger partial charge in [0, 0.05) is 18.2 Å². The van der Waals surface area contributed by atoms with E-state index in [0.29, 0.717) is 5.56 Å². The van der Waals surface area contributed by atoms with Gasteiger partial charge in [-0.2, -0.15) is 13.2 Å². The maximum absolute atomic E-state index is 12.6. The zero-order valence-electron chi connectivity index (χ0n) is 12.7. The highest BCUT2D eigenvalue weighted by molar-refractivity contribution is 5.87. The van der Waals surface area contributed by atoms with E-state index < -0.39 is 22.6 Å². The normalized spacial score (nSPS) is 11.5. The number of esters is 1. The van der Waals surface area contributed by atoms with E-state index >= 15 is 0 Å². The molecule has 0 saturated carbocycles. The molecule has 0 bridgehead atoms. The Morgan fingerprint density at radius 2 is 1.84 bits per heavy atom. The van der Waals surface area contributed by atoms with Crippen LogP contribution in [0.4, 0.5) is 18.9 Å². The molecule has 2 rings (SSSR count). The summed E-state index contributed by atoms with van der Waals surface area (Å²) in [7, 11) is 0. The third-order valence-electron chi connectivity index (χ3n) is 3.15. The minimum Gasteiger partial charge on any atom is -0.458 e. The number of carbonyl (C=O) groups excluding carboxylic acids is 1. The Balaban J connectivity index is 1.94. The molecule has 0 radical (unpaired) electrons. The summed E-state index contributed by atoms with van der Waals surface area (Å²) in [5.41, 5.74) is -0.137.